The summed E-state index contributed by atoms with van der Waals surface area (Å²) in [5.41, 5.74) is -0.646. The van der Waals surface area contributed by atoms with Crippen molar-refractivity contribution in [3.05, 3.63) is 0 Å². The number of halogens is 1. The van der Waals surface area contributed by atoms with Gasteiger partial charge in [-0.1, -0.05) is 0 Å². The zero-order valence-electron chi connectivity index (χ0n) is 7.25. The molecule has 1 aliphatic heterocycles. The summed E-state index contributed by atoms with van der Waals surface area (Å²) in [6.07, 6.45) is 0. The van der Waals surface area contributed by atoms with Crippen molar-refractivity contribution in [1.29, 1.82) is 0 Å². The number of ether oxygens (including phenoxy) is 2. The lowest BCUT2D eigenvalue weighted by Crippen LogP contribution is -2.57. The van der Waals surface area contributed by atoms with Gasteiger partial charge in [0.1, 0.15) is 5.54 Å². The predicted octanol–water partition coefficient (Wildman–Crippen LogP) is -0.0403. The first-order chi connectivity index (χ1) is 5.19. The van der Waals surface area contributed by atoms with Crippen LogP contribution in [0, 0.1) is 0 Å². The van der Waals surface area contributed by atoms with Crippen LogP contribution in [0.4, 0.5) is 0 Å². The zero-order valence-corrected chi connectivity index (χ0v) is 8.07. The lowest BCUT2D eigenvalue weighted by Gasteiger charge is -2.31. The Kier molecular flexibility index (Phi) is 4.52. The average molecular weight is 196 g/mol. The Morgan fingerprint density at radius 3 is 2.75 bits per heavy atom. The molecule has 0 spiro atoms. The Hall–Kier alpha value is -0.320. The van der Waals surface area contributed by atoms with Crippen molar-refractivity contribution in [2.45, 2.75) is 12.5 Å². The Labute approximate surface area is 78.0 Å². The van der Waals surface area contributed by atoms with E-state index in [0.29, 0.717) is 19.8 Å². The van der Waals surface area contributed by atoms with Crippen molar-refractivity contribution in [2.75, 3.05) is 26.9 Å². The molecule has 5 heteroatoms. The molecule has 1 fully saturated rings. The summed E-state index contributed by atoms with van der Waals surface area (Å²) in [7, 11) is 1.38. The lowest BCUT2D eigenvalue weighted by molar-refractivity contribution is -0.152. The third-order valence-corrected chi connectivity index (χ3v) is 1.79. The summed E-state index contributed by atoms with van der Waals surface area (Å²) in [5, 5.41) is 3.05. The first-order valence-electron chi connectivity index (χ1n) is 3.60. The van der Waals surface area contributed by atoms with E-state index in [9.17, 15) is 4.79 Å². The predicted molar refractivity (Wildman–Crippen MR) is 46.5 cm³/mol. The molecule has 72 valence electrons. The highest BCUT2D eigenvalue weighted by Crippen LogP contribution is 2.09. The third-order valence-electron chi connectivity index (χ3n) is 1.79. The second-order valence-corrected chi connectivity index (χ2v) is 2.80. The Bertz CT molecular complexity index is 157. The molecular formula is C7H14ClNO3. The van der Waals surface area contributed by atoms with E-state index in [2.05, 4.69) is 10.1 Å². The van der Waals surface area contributed by atoms with Crippen molar-refractivity contribution in [3.8, 4) is 0 Å². The number of esters is 1. The Balaban J connectivity index is 0.00000121. The number of rotatable bonds is 1. The van der Waals surface area contributed by atoms with E-state index >= 15 is 0 Å². The van der Waals surface area contributed by atoms with Crippen LogP contribution in [-0.4, -0.2) is 38.4 Å². The van der Waals surface area contributed by atoms with Crippen molar-refractivity contribution >= 4 is 18.4 Å². The highest BCUT2D eigenvalue weighted by atomic mass is 35.5. The highest BCUT2D eigenvalue weighted by molar-refractivity contribution is 5.85. The fraction of sp³-hybridized carbons (Fsp3) is 0.857. The van der Waals surface area contributed by atoms with Gasteiger partial charge >= 0.3 is 5.97 Å². The summed E-state index contributed by atoms with van der Waals surface area (Å²) >= 11 is 0. The molecule has 1 heterocycles. The van der Waals surface area contributed by atoms with Crippen LogP contribution in [0.5, 0.6) is 0 Å². The normalized spacial score (nSPS) is 28.8. The molecule has 0 aromatic heterocycles. The minimum Gasteiger partial charge on any atom is -0.468 e. The molecule has 1 atom stereocenters. The minimum atomic E-state index is -0.646. The number of morpholine rings is 1. The molecule has 1 rings (SSSR count). The van der Waals surface area contributed by atoms with Gasteiger partial charge in [-0.3, -0.25) is 5.32 Å². The monoisotopic (exact) mass is 195 g/mol. The van der Waals surface area contributed by atoms with Gasteiger partial charge in [0.05, 0.1) is 20.3 Å². The van der Waals surface area contributed by atoms with Crippen molar-refractivity contribution in [3.63, 3.8) is 0 Å². The molecule has 1 saturated heterocycles. The van der Waals surface area contributed by atoms with Crippen molar-refractivity contribution in [1.82, 2.24) is 5.32 Å². The molecule has 0 radical (unpaired) electrons. The summed E-state index contributed by atoms with van der Waals surface area (Å²) in [6.45, 7) is 3.52. The maximum Gasteiger partial charge on any atom is 0.328 e. The van der Waals surface area contributed by atoms with Crippen LogP contribution in [0.25, 0.3) is 0 Å². The number of carbonyl (C=O) groups is 1. The maximum atomic E-state index is 11.1. The first kappa shape index (κ1) is 11.7. The van der Waals surface area contributed by atoms with Crippen LogP contribution in [0.1, 0.15) is 6.92 Å². The topological polar surface area (TPSA) is 47.6 Å². The maximum absolute atomic E-state index is 11.1. The summed E-state index contributed by atoms with van der Waals surface area (Å²) in [5.74, 6) is -0.266. The summed E-state index contributed by atoms with van der Waals surface area (Å²) in [6, 6.07) is 0. The minimum absolute atomic E-state index is 0. The van der Waals surface area contributed by atoms with Crippen LogP contribution >= 0.6 is 12.4 Å². The molecule has 0 amide bonds. The molecule has 1 aliphatic rings. The number of hydrogen-bond acceptors (Lipinski definition) is 4. The Morgan fingerprint density at radius 1 is 1.67 bits per heavy atom. The molecule has 0 saturated carbocycles. The van der Waals surface area contributed by atoms with Crippen LogP contribution < -0.4 is 5.32 Å². The van der Waals surface area contributed by atoms with E-state index in [4.69, 9.17) is 4.74 Å². The smallest absolute Gasteiger partial charge is 0.328 e. The lowest BCUT2D eigenvalue weighted by atomic mass is 10.0. The van der Waals surface area contributed by atoms with Crippen LogP contribution in [0.2, 0.25) is 0 Å². The fourth-order valence-electron chi connectivity index (χ4n) is 1.08. The standard InChI is InChI=1S/C7H13NO3.ClH/c1-7(6(9)10-2)5-11-4-3-8-7;/h8H,3-5H2,1-2H3;1H. The van der Waals surface area contributed by atoms with Gasteiger partial charge in [0.2, 0.25) is 0 Å². The molecule has 0 aromatic rings. The van der Waals surface area contributed by atoms with Gasteiger partial charge in [-0.2, -0.15) is 0 Å². The van der Waals surface area contributed by atoms with E-state index in [0.717, 1.165) is 0 Å². The van der Waals surface area contributed by atoms with Crippen molar-refractivity contribution in [2.24, 2.45) is 0 Å². The van der Waals surface area contributed by atoms with Crippen LogP contribution in [0.3, 0.4) is 0 Å². The molecule has 0 bridgehead atoms. The van der Waals surface area contributed by atoms with Crippen molar-refractivity contribution < 1.29 is 14.3 Å². The third kappa shape index (κ3) is 2.33. The summed E-state index contributed by atoms with van der Waals surface area (Å²) in [4.78, 5) is 11.1. The van der Waals surface area contributed by atoms with Gasteiger partial charge in [0.15, 0.2) is 0 Å². The van der Waals surface area contributed by atoms with Gasteiger partial charge in [-0.25, -0.2) is 4.79 Å². The quantitative estimate of drug-likeness (QED) is 0.597. The Morgan fingerprint density at radius 2 is 2.33 bits per heavy atom. The van der Waals surface area contributed by atoms with Crippen LogP contribution in [-0.2, 0) is 14.3 Å². The number of methoxy groups -OCH3 is 1. The van der Waals surface area contributed by atoms with E-state index < -0.39 is 5.54 Å². The van der Waals surface area contributed by atoms with Gasteiger partial charge in [-0.05, 0) is 6.92 Å². The van der Waals surface area contributed by atoms with E-state index in [1.807, 2.05) is 0 Å². The first-order valence-corrected chi connectivity index (χ1v) is 3.60. The number of hydrogen-bond donors (Lipinski definition) is 1. The molecule has 1 N–H and O–H groups in total. The largest absolute Gasteiger partial charge is 0.468 e. The van der Waals surface area contributed by atoms with E-state index in [-0.39, 0.29) is 18.4 Å². The second-order valence-electron chi connectivity index (χ2n) is 2.80. The molecule has 0 aliphatic carbocycles. The van der Waals surface area contributed by atoms with Gasteiger partial charge in [0.25, 0.3) is 0 Å². The zero-order chi connectivity index (χ0) is 8.32. The van der Waals surface area contributed by atoms with Gasteiger partial charge < -0.3 is 9.47 Å². The highest BCUT2D eigenvalue weighted by Gasteiger charge is 2.36. The molecule has 1 unspecified atom stereocenters. The van der Waals surface area contributed by atoms with E-state index in [1.165, 1.54) is 7.11 Å². The molecule has 4 nitrogen and oxygen atoms in total. The molecule has 12 heavy (non-hydrogen) atoms. The SMILES string of the molecule is COC(=O)C1(C)COCCN1.Cl. The van der Waals surface area contributed by atoms with E-state index in [1.54, 1.807) is 6.92 Å². The molecule has 0 aromatic carbocycles. The van der Waals surface area contributed by atoms with Gasteiger partial charge in [-0.15, -0.1) is 12.4 Å². The average Bonchev–Trinajstić information content (AvgIpc) is 2.04. The fourth-order valence-corrected chi connectivity index (χ4v) is 1.08. The molecular weight excluding hydrogens is 182 g/mol. The second kappa shape index (κ2) is 4.64. The number of nitrogens with one attached hydrogen (secondary N) is 1. The summed E-state index contributed by atoms with van der Waals surface area (Å²) < 4.78 is 9.76. The number of carbonyl (C=O) groups excluding carboxylic acids is 1. The van der Waals surface area contributed by atoms with Gasteiger partial charge in [0, 0.05) is 6.54 Å². The van der Waals surface area contributed by atoms with Crippen LogP contribution in [0.15, 0.2) is 0 Å².